The van der Waals surface area contributed by atoms with Gasteiger partial charge in [-0.25, -0.2) is 4.39 Å². The van der Waals surface area contributed by atoms with Crippen LogP contribution in [0.4, 0.5) is 4.39 Å². The standard InChI is InChI=1S/C25H30FN3O2/c1-18(30)27-25-13-15-28(14-12-20-8-10-22(26)11-9-20)16-23(25)24(29(17-25)19(2)31)21-6-4-3-5-7-21/h3-11,23-24H,12-17H2,1-2H3,(H,27,30)/t23-,24-,25-/m1/s1. The smallest absolute Gasteiger partial charge is 0.220 e. The molecule has 2 aromatic carbocycles. The molecule has 0 saturated carbocycles. The quantitative estimate of drug-likeness (QED) is 0.804. The van der Waals surface area contributed by atoms with Crippen molar-refractivity contribution < 1.29 is 14.0 Å². The average molecular weight is 424 g/mol. The number of hydrogen-bond acceptors (Lipinski definition) is 3. The summed E-state index contributed by atoms with van der Waals surface area (Å²) in [6.07, 6.45) is 1.64. The maximum absolute atomic E-state index is 13.2. The van der Waals surface area contributed by atoms with E-state index >= 15 is 0 Å². The Morgan fingerprint density at radius 1 is 1.10 bits per heavy atom. The van der Waals surface area contributed by atoms with Crippen LogP contribution in [0.1, 0.15) is 37.4 Å². The summed E-state index contributed by atoms with van der Waals surface area (Å²) in [6.45, 7) is 6.22. The molecule has 4 rings (SSSR count). The van der Waals surface area contributed by atoms with E-state index in [1.165, 1.54) is 12.1 Å². The van der Waals surface area contributed by atoms with Crippen LogP contribution in [-0.4, -0.2) is 53.3 Å². The van der Waals surface area contributed by atoms with E-state index in [0.29, 0.717) is 6.54 Å². The Labute approximate surface area is 183 Å². The van der Waals surface area contributed by atoms with Crippen LogP contribution in [0, 0.1) is 11.7 Å². The van der Waals surface area contributed by atoms with E-state index in [-0.39, 0.29) is 29.6 Å². The molecule has 2 aliphatic rings. The number of rotatable bonds is 5. The number of nitrogens with zero attached hydrogens (tertiary/aromatic N) is 2. The minimum atomic E-state index is -0.412. The van der Waals surface area contributed by atoms with Crippen LogP contribution in [0.15, 0.2) is 54.6 Å². The summed E-state index contributed by atoms with van der Waals surface area (Å²) in [5, 5.41) is 3.24. The van der Waals surface area contributed by atoms with Gasteiger partial charge in [-0.1, -0.05) is 42.5 Å². The van der Waals surface area contributed by atoms with Crippen LogP contribution in [0.5, 0.6) is 0 Å². The number of benzene rings is 2. The highest BCUT2D eigenvalue weighted by atomic mass is 19.1. The highest BCUT2D eigenvalue weighted by molar-refractivity contribution is 5.77. The average Bonchev–Trinajstić information content (AvgIpc) is 3.08. The van der Waals surface area contributed by atoms with E-state index in [4.69, 9.17) is 0 Å². The van der Waals surface area contributed by atoms with Gasteiger partial charge >= 0.3 is 0 Å². The van der Waals surface area contributed by atoms with Crippen molar-refractivity contribution in [3.8, 4) is 0 Å². The summed E-state index contributed by atoms with van der Waals surface area (Å²) in [4.78, 5) is 29.1. The zero-order valence-electron chi connectivity index (χ0n) is 18.2. The van der Waals surface area contributed by atoms with Gasteiger partial charge in [0.05, 0.1) is 11.6 Å². The molecule has 0 aromatic heterocycles. The molecule has 0 unspecified atom stereocenters. The van der Waals surface area contributed by atoms with Gasteiger partial charge in [0.1, 0.15) is 5.82 Å². The lowest BCUT2D eigenvalue weighted by Gasteiger charge is -2.45. The monoisotopic (exact) mass is 423 g/mol. The molecule has 2 fully saturated rings. The molecule has 2 amide bonds. The molecule has 2 aromatic rings. The van der Waals surface area contributed by atoms with Crippen LogP contribution < -0.4 is 5.32 Å². The van der Waals surface area contributed by atoms with Gasteiger partial charge in [-0.05, 0) is 36.1 Å². The first kappa shape index (κ1) is 21.5. The molecule has 0 aliphatic carbocycles. The highest BCUT2D eigenvalue weighted by Gasteiger charge is 2.56. The number of carbonyl (C=O) groups excluding carboxylic acids is 2. The summed E-state index contributed by atoms with van der Waals surface area (Å²) in [5.74, 6) is -0.139. The Hall–Kier alpha value is -2.73. The maximum Gasteiger partial charge on any atom is 0.220 e. The van der Waals surface area contributed by atoms with Gasteiger partial charge in [-0.3, -0.25) is 9.59 Å². The molecule has 1 N–H and O–H groups in total. The molecule has 0 bridgehead atoms. The molecule has 31 heavy (non-hydrogen) atoms. The molecular formula is C25H30FN3O2. The fourth-order valence-electron chi connectivity index (χ4n) is 5.36. The third-order valence-corrected chi connectivity index (χ3v) is 6.81. The van der Waals surface area contributed by atoms with Crippen LogP contribution in [0.25, 0.3) is 0 Å². The van der Waals surface area contributed by atoms with Crippen LogP contribution in [-0.2, 0) is 16.0 Å². The molecule has 2 saturated heterocycles. The minimum Gasteiger partial charge on any atom is -0.349 e. The van der Waals surface area contributed by atoms with E-state index in [1.807, 2.05) is 35.2 Å². The number of likely N-dealkylation sites (tertiary alicyclic amines) is 2. The molecule has 2 aliphatic heterocycles. The molecule has 164 valence electrons. The number of halogens is 1. The fraction of sp³-hybridized carbons (Fsp3) is 0.440. The summed E-state index contributed by atoms with van der Waals surface area (Å²) in [5.41, 5.74) is 1.80. The van der Waals surface area contributed by atoms with Gasteiger partial charge in [0.25, 0.3) is 0 Å². The fourth-order valence-corrected chi connectivity index (χ4v) is 5.36. The van der Waals surface area contributed by atoms with Crippen LogP contribution in [0.3, 0.4) is 0 Å². The van der Waals surface area contributed by atoms with Crippen molar-refractivity contribution in [2.45, 2.75) is 38.3 Å². The van der Waals surface area contributed by atoms with Gasteiger partial charge in [0.2, 0.25) is 11.8 Å². The topological polar surface area (TPSA) is 52.7 Å². The lowest BCUT2D eigenvalue weighted by atomic mass is 9.75. The summed E-state index contributed by atoms with van der Waals surface area (Å²) in [7, 11) is 0. The van der Waals surface area contributed by atoms with E-state index in [1.54, 1.807) is 13.8 Å². The Balaban J connectivity index is 1.59. The number of fused-ring (bicyclic) bond motifs is 1. The summed E-state index contributed by atoms with van der Waals surface area (Å²) < 4.78 is 13.2. The van der Waals surface area contributed by atoms with Gasteiger partial charge < -0.3 is 15.1 Å². The van der Waals surface area contributed by atoms with E-state index < -0.39 is 5.54 Å². The number of carbonyl (C=O) groups is 2. The molecule has 2 heterocycles. The van der Waals surface area contributed by atoms with Crippen LogP contribution >= 0.6 is 0 Å². The highest BCUT2D eigenvalue weighted by Crippen LogP contribution is 2.47. The van der Waals surface area contributed by atoms with Crippen molar-refractivity contribution in [3.05, 3.63) is 71.5 Å². The zero-order chi connectivity index (χ0) is 22.0. The van der Waals surface area contributed by atoms with Crippen molar-refractivity contribution in [1.82, 2.24) is 15.1 Å². The van der Waals surface area contributed by atoms with E-state index in [0.717, 1.165) is 43.6 Å². The Bertz CT molecular complexity index is 934. The number of nitrogens with one attached hydrogen (secondary N) is 1. The first-order valence-electron chi connectivity index (χ1n) is 11.0. The third kappa shape index (κ3) is 4.49. The van der Waals surface area contributed by atoms with Crippen LogP contribution in [0.2, 0.25) is 0 Å². The normalized spacial score (nSPS) is 25.8. The molecule has 5 nitrogen and oxygen atoms in total. The lowest BCUT2D eigenvalue weighted by Crippen LogP contribution is -2.61. The number of hydrogen-bond donors (Lipinski definition) is 1. The van der Waals surface area contributed by atoms with Crippen molar-refractivity contribution in [1.29, 1.82) is 0 Å². The Kier molecular flexibility index (Phi) is 6.10. The van der Waals surface area contributed by atoms with E-state index in [2.05, 4.69) is 22.3 Å². The number of piperidine rings is 1. The summed E-state index contributed by atoms with van der Waals surface area (Å²) >= 11 is 0. The minimum absolute atomic E-state index is 0.0332. The molecule has 6 heteroatoms. The van der Waals surface area contributed by atoms with Gasteiger partial charge in [0, 0.05) is 45.9 Å². The first-order valence-corrected chi connectivity index (χ1v) is 11.0. The molecular weight excluding hydrogens is 393 g/mol. The van der Waals surface area contributed by atoms with Crippen molar-refractivity contribution in [3.63, 3.8) is 0 Å². The lowest BCUT2D eigenvalue weighted by molar-refractivity contribution is -0.130. The first-order chi connectivity index (χ1) is 14.9. The van der Waals surface area contributed by atoms with Gasteiger partial charge in [-0.2, -0.15) is 0 Å². The van der Waals surface area contributed by atoms with Gasteiger partial charge in [-0.15, -0.1) is 0 Å². The molecule has 0 spiro atoms. The Morgan fingerprint density at radius 2 is 1.81 bits per heavy atom. The second-order valence-electron chi connectivity index (χ2n) is 8.87. The predicted molar refractivity (Wildman–Crippen MR) is 118 cm³/mol. The van der Waals surface area contributed by atoms with Crippen molar-refractivity contribution in [2.24, 2.45) is 5.92 Å². The Morgan fingerprint density at radius 3 is 2.45 bits per heavy atom. The third-order valence-electron chi connectivity index (χ3n) is 6.81. The van der Waals surface area contributed by atoms with E-state index in [9.17, 15) is 14.0 Å². The second kappa shape index (κ2) is 8.79. The number of amides is 2. The predicted octanol–water partition coefficient (Wildman–Crippen LogP) is 3.17. The maximum atomic E-state index is 13.2. The van der Waals surface area contributed by atoms with Crippen molar-refractivity contribution in [2.75, 3.05) is 26.2 Å². The molecule has 3 atom stereocenters. The second-order valence-corrected chi connectivity index (χ2v) is 8.87. The zero-order valence-corrected chi connectivity index (χ0v) is 18.2. The SMILES string of the molecule is CC(=O)N[C@@]12CCN(CCc3ccc(F)cc3)C[C@@H]1[C@@H](c1ccccc1)N(C(C)=O)C2. The largest absolute Gasteiger partial charge is 0.349 e. The van der Waals surface area contributed by atoms with Crippen molar-refractivity contribution >= 4 is 11.8 Å². The summed E-state index contributed by atoms with van der Waals surface area (Å²) in [6, 6.07) is 16.7. The van der Waals surface area contributed by atoms with Gasteiger partial charge in [0.15, 0.2) is 0 Å². The molecule has 0 radical (unpaired) electrons.